The number of hydrogen-bond donors (Lipinski definition) is 4. The minimum absolute atomic E-state index is 0.0385. The molecule has 2 aliphatic rings. The molecule has 194 valence electrons. The molecule has 4 nitrogen and oxygen atoms in total. The summed E-state index contributed by atoms with van der Waals surface area (Å²) in [6.45, 7) is 27.9. The summed E-state index contributed by atoms with van der Waals surface area (Å²) in [7, 11) is 3.04. The van der Waals surface area contributed by atoms with Gasteiger partial charge in [0.1, 0.15) is 0 Å². The first kappa shape index (κ1) is 28.5. The quantitative estimate of drug-likeness (QED) is 0.417. The minimum Gasteiger partial charge on any atom is -0.314 e. The molecule has 0 saturated carbocycles. The van der Waals surface area contributed by atoms with E-state index in [1.54, 1.807) is 5.56 Å². The van der Waals surface area contributed by atoms with Gasteiger partial charge in [0.25, 0.3) is 0 Å². The highest BCUT2D eigenvalue weighted by Gasteiger charge is 2.49. The molecular weight excluding hydrogens is 454 g/mol. The van der Waals surface area contributed by atoms with Gasteiger partial charge in [-0.3, -0.25) is 0 Å². The van der Waals surface area contributed by atoms with Crippen molar-refractivity contribution in [3.8, 4) is 0 Å². The van der Waals surface area contributed by atoms with Gasteiger partial charge in [-0.15, -0.1) is 9.24 Å². The predicted molar refractivity (Wildman–Crippen MR) is 155 cm³/mol. The smallest absolute Gasteiger partial charge is 0.0413 e. The Morgan fingerprint density at radius 1 is 0.794 bits per heavy atom. The van der Waals surface area contributed by atoms with Gasteiger partial charge >= 0.3 is 0 Å². The standard InChI is InChI=1S/C28H52N4P2/c1-25(2,3)21-10-11-22(28(33,26(4,5)6)27(7,8)9)20(16-21)19-34(23-17-29-12-14-31-23)24-18-30-13-15-32-24/h10-11,16,23-24,29-32H,12-15,17-19,33H2,1-9H3. The van der Waals surface area contributed by atoms with E-state index in [2.05, 4.69) is 111 Å². The van der Waals surface area contributed by atoms with Gasteiger partial charge in [-0.2, -0.15) is 0 Å². The van der Waals surface area contributed by atoms with Crippen LogP contribution in [0, 0.1) is 10.8 Å². The van der Waals surface area contributed by atoms with Gasteiger partial charge in [0.15, 0.2) is 0 Å². The molecule has 3 rings (SSSR count). The van der Waals surface area contributed by atoms with Crippen molar-refractivity contribution in [2.24, 2.45) is 10.8 Å². The van der Waals surface area contributed by atoms with Crippen LogP contribution in [-0.2, 0) is 16.7 Å². The van der Waals surface area contributed by atoms with Crippen LogP contribution >= 0.6 is 17.2 Å². The van der Waals surface area contributed by atoms with E-state index in [1.807, 2.05) is 0 Å². The highest BCUT2D eigenvalue weighted by molar-refractivity contribution is 7.58. The topological polar surface area (TPSA) is 48.1 Å². The first-order valence-electron chi connectivity index (χ1n) is 13.2. The molecule has 34 heavy (non-hydrogen) atoms. The van der Waals surface area contributed by atoms with Gasteiger partial charge in [0, 0.05) is 56.0 Å². The molecule has 0 spiro atoms. The molecule has 0 bridgehead atoms. The minimum atomic E-state index is -0.313. The van der Waals surface area contributed by atoms with E-state index in [1.165, 1.54) is 11.1 Å². The molecule has 3 unspecified atom stereocenters. The van der Waals surface area contributed by atoms with Crippen molar-refractivity contribution >= 4 is 17.2 Å². The number of rotatable bonds is 5. The maximum atomic E-state index is 3.89. The van der Waals surface area contributed by atoms with Crippen LogP contribution in [0.15, 0.2) is 18.2 Å². The van der Waals surface area contributed by atoms with E-state index >= 15 is 0 Å². The summed E-state index contributed by atoms with van der Waals surface area (Å²) in [6, 6.07) is 7.44. The van der Waals surface area contributed by atoms with Crippen LogP contribution in [0.2, 0.25) is 0 Å². The Morgan fingerprint density at radius 2 is 1.29 bits per heavy atom. The Hall–Kier alpha value is -0.0800. The molecule has 1 aromatic rings. The maximum absolute atomic E-state index is 3.89. The van der Waals surface area contributed by atoms with Crippen molar-refractivity contribution in [3.05, 3.63) is 34.9 Å². The van der Waals surface area contributed by atoms with Crippen LogP contribution in [0.25, 0.3) is 0 Å². The first-order chi connectivity index (χ1) is 15.7. The number of benzene rings is 1. The van der Waals surface area contributed by atoms with E-state index in [0.29, 0.717) is 11.6 Å². The van der Waals surface area contributed by atoms with Crippen LogP contribution in [0.4, 0.5) is 0 Å². The molecule has 4 N–H and O–H groups in total. The average molecular weight is 507 g/mol. The van der Waals surface area contributed by atoms with Crippen molar-refractivity contribution in [1.82, 2.24) is 21.3 Å². The van der Waals surface area contributed by atoms with E-state index in [4.69, 9.17) is 0 Å². The summed E-state index contributed by atoms with van der Waals surface area (Å²) >= 11 is 0. The summed E-state index contributed by atoms with van der Waals surface area (Å²) in [6.07, 6.45) is 1.15. The monoisotopic (exact) mass is 506 g/mol. The Balaban J connectivity index is 2.14. The zero-order valence-electron chi connectivity index (χ0n) is 23.4. The molecule has 3 atom stereocenters. The van der Waals surface area contributed by atoms with Crippen molar-refractivity contribution in [2.75, 3.05) is 39.3 Å². The number of piperazine rings is 2. The third kappa shape index (κ3) is 6.07. The van der Waals surface area contributed by atoms with Gasteiger partial charge in [-0.05, 0) is 39.1 Å². The number of hydrogen-bond acceptors (Lipinski definition) is 4. The molecule has 1 aromatic carbocycles. The van der Waals surface area contributed by atoms with Crippen molar-refractivity contribution in [3.63, 3.8) is 0 Å². The van der Waals surface area contributed by atoms with Crippen LogP contribution in [-0.4, -0.2) is 50.8 Å². The van der Waals surface area contributed by atoms with E-state index < -0.39 is 0 Å². The lowest BCUT2D eigenvalue weighted by Crippen LogP contribution is -2.53. The fourth-order valence-electron chi connectivity index (χ4n) is 5.89. The highest BCUT2D eigenvalue weighted by Crippen LogP contribution is 2.60. The van der Waals surface area contributed by atoms with E-state index in [-0.39, 0.29) is 29.3 Å². The van der Waals surface area contributed by atoms with Crippen LogP contribution < -0.4 is 21.3 Å². The molecule has 0 radical (unpaired) electrons. The molecule has 0 aromatic heterocycles. The van der Waals surface area contributed by atoms with Crippen LogP contribution in [0.5, 0.6) is 0 Å². The molecular formula is C28H52N4P2. The van der Waals surface area contributed by atoms with Crippen LogP contribution in [0.3, 0.4) is 0 Å². The normalized spacial score (nSPS) is 24.2. The van der Waals surface area contributed by atoms with Crippen LogP contribution in [0.1, 0.15) is 79.0 Å². The van der Waals surface area contributed by atoms with Crippen molar-refractivity contribution in [1.29, 1.82) is 0 Å². The lowest BCUT2D eigenvalue weighted by Gasteiger charge is -2.53. The number of nitrogens with one attached hydrogen (secondary N) is 4. The van der Waals surface area contributed by atoms with Crippen molar-refractivity contribution < 1.29 is 0 Å². The fourth-order valence-corrected chi connectivity index (χ4v) is 9.15. The third-order valence-corrected chi connectivity index (χ3v) is 13.0. The second-order valence-corrected chi connectivity index (χ2v) is 16.9. The van der Waals surface area contributed by atoms with Gasteiger partial charge in [-0.25, -0.2) is 0 Å². The zero-order valence-corrected chi connectivity index (χ0v) is 25.4. The molecule has 2 fully saturated rings. The summed E-state index contributed by atoms with van der Waals surface area (Å²) in [5.41, 5.74) is 4.86. The second kappa shape index (κ2) is 10.7. The second-order valence-electron chi connectivity index (χ2n) is 13.5. The van der Waals surface area contributed by atoms with E-state index in [0.717, 1.165) is 45.4 Å². The molecule has 2 saturated heterocycles. The predicted octanol–water partition coefficient (Wildman–Crippen LogP) is 5.17. The Labute approximate surface area is 213 Å². The zero-order chi connectivity index (χ0) is 25.4. The van der Waals surface area contributed by atoms with Crippen molar-refractivity contribution in [2.45, 2.75) is 90.6 Å². The summed E-state index contributed by atoms with van der Waals surface area (Å²) in [5.74, 6) is 1.07. The molecule has 6 heteroatoms. The van der Waals surface area contributed by atoms with E-state index in [9.17, 15) is 0 Å². The maximum Gasteiger partial charge on any atom is 0.0413 e. The fraction of sp³-hybridized carbons (Fsp3) is 0.786. The van der Waals surface area contributed by atoms with Gasteiger partial charge in [0.2, 0.25) is 0 Å². The molecule has 2 heterocycles. The summed E-state index contributed by atoms with van der Waals surface area (Å²) < 4.78 is 0. The summed E-state index contributed by atoms with van der Waals surface area (Å²) in [5, 5.41) is 15.1. The largest absolute Gasteiger partial charge is 0.314 e. The molecule has 2 aliphatic heterocycles. The SMILES string of the molecule is CC(C)(C)c1ccc(C(P)(C(C)(C)C)C(C)(C)C)c(CP(C2CNCCN2)C2CNCCN2)c1. The van der Waals surface area contributed by atoms with Gasteiger partial charge < -0.3 is 21.3 Å². The lowest BCUT2D eigenvalue weighted by molar-refractivity contribution is 0.139. The molecule has 0 amide bonds. The first-order valence-corrected chi connectivity index (χ1v) is 15.5. The third-order valence-electron chi connectivity index (χ3n) is 7.95. The lowest BCUT2D eigenvalue weighted by atomic mass is 9.61. The summed E-state index contributed by atoms with van der Waals surface area (Å²) in [4.78, 5) is 0. The Bertz CT molecular complexity index is 775. The van der Waals surface area contributed by atoms with Gasteiger partial charge in [-0.1, -0.05) is 88.4 Å². The molecule has 0 aliphatic carbocycles. The van der Waals surface area contributed by atoms with Gasteiger partial charge in [0.05, 0.1) is 0 Å². The Kier molecular flexibility index (Phi) is 8.99. The average Bonchev–Trinajstić information content (AvgIpc) is 2.76. The highest BCUT2D eigenvalue weighted by atomic mass is 31.1. The Morgan fingerprint density at radius 3 is 1.68 bits per heavy atom.